The lowest BCUT2D eigenvalue weighted by Crippen LogP contribution is -2.45. The number of methoxy groups -OCH3 is 1. The number of carbonyl (C=O) groups excluding carboxylic acids is 2. The summed E-state index contributed by atoms with van der Waals surface area (Å²) in [5.74, 6) is -0.656. The molecule has 0 bridgehead atoms. The Morgan fingerprint density at radius 3 is 2.80 bits per heavy atom. The first-order valence-corrected chi connectivity index (χ1v) is 7.89. The van der Waals surface area contributed by atoms with Crippen LogP contribution in [0, 0.1) is 0 Å². The Balaban J connectivity index is 2.45. The van der Waals surface area contributed by atoms with E-state index in [1.165, 1.54) is 19.2 Å². The lowest BCUT2D eigenvalue weighted by Gasteiger charge is -2.28. The van der Waals surface area contributed by atoms with E-state index in [9.17, 15) is 14.7 Å². The van der Waals surface area contributed by atoms with Crippen LogP contribution in [0.3, 0.4) is 0 Å². The fraction of sp³-hybridized carbons (Fsp3) is 0.294. The van der Waals surface area contributed by atoms with Crippen LogP contribution in [0.1, 0.15) is 25.5 Å². The van der Waals surface area contributed by atoms with Gasteiger partial charge in [-0.25, -0.2) is 9.59 Å². The summed E-state index contributed by atoms with van der Waals surface area (Å²) in [6.45, 7) is 3.54. The monoisotopic (exact) mass is 366 g/mol. The standard InChI is InChI=1S/C17H19ClN2O5/c1-4-5-6-25-16(22)13-9(2)19-17(23)20-14(13)10-7-11(18)15(21)12(8-10)24-3/h4-5,7-8,14,21H,6H2,1-3H3,(H2,19,20,23). The van der Waals surface area contributed by atoms with Crippen LogP contribution in [0.2, 0.25) is 5.02 Å². The topological polar surface area (TPSA) is 96.9 Å². The van der Waals surface area contributed by atoms with E-state index in [0.29, 0.717) is 11.3 Å². The number of carbonyl (C=O) groups is 2. The molecule has 0 spiro atoms. The molecule has 1 heterocycles. The quantitative estimate of drug-likeness (QED) is 0.550. The second kappa shape index (κ2) is 7.94. The number of aromatic hydroxyl groups is 1. The van der Waals surface area contributed by atoms with Crippen LogP contribution >= 0.6 is 11.6 Å². The Labute approximate surface area is 150 Å². The van der Waals surface area contributed by atoms with Crippen molar-refractivity contribution in [3.8, 4) is 11.5 Å². The summed E-state index contributed by atoms with van der Waals surface area (Å²) in [5, 5.41) is 15.1. The predicted molar refractivity (Wildman–Crippen MR) is 92.6 cm³/mol. The third-order valence-corrected chi connectivity index (χ3v) is 3.93. The molecule has 0 saturated heterocycles. The lowest BCUT2D eigenvalue weighted by atomic mass is 9.95. The molecule has 1 aromatic rings. The second-order valence-corrected chi connectivity index (χ2v) is 5.70. The molecule has 1 aliphatic rings. The van der Waals surface area contributed by atoms with Crippen molar-refractivity contribution in [1.29, 1.82) is 0 Å². The first kappa shape index (κ1) is 18.7. The van der Waals surface area contributed by atoms with E-state index in [-0.39, 0.29) is 28.7 Å². The molecule has 134 valence electrons. The number of amides is 2. The molecule has 8 heteroatoms. The van der Waals surface area contributed by atoms with Crippen molar-refractivity contribution in [2.75, 3.05) is 13.7 Å². The number of phenols is 1. The maximum absolute atomic E-state index is 12.5. The van der Waals surface area contributed by atoms with E-state index in [4.69, 9.17) is 21.1 Å². The van der Waals surface area contributed by atoms with Crippen LogP contribution < -0.4 is 15.4 Å². The Morgan fingerprint density at radius 1 is 1.44 bits per heavy atom. The molecule has 1 aliphatic heterocycles. The molecule has 3 N–H and O–H groups in total. The highest BCUT2D eigenvalue weighted by molar-refractivity contribution is 6.32. The summed E-state index contributed by atoms with van der Waals surface area (Å²) in [6.07, 6.45) is 3.45. The van der Waals surface area contributed by atoms with Crippen molar-refractivity contribution < 1.29 is 24.2 Å². The zero-order valence-corrected chi connectivity index (χ0v) is 14.8. The van der Waals surface area contributed by atoms with Crippen LogP contribution in [-0.2, 0) is 9.53 Å². The fourth-order valence-corrected chi connectivity index (χ4v) is 2.65. The van der Waals surface area contributed by atoms with Gasteiger partial charge < -0.3 is 25.2 Å². The number of esters is 1. The third-order valence-electron chi connectivity index (χ3n) is 3.64. The molecule has 1 aromatic carbocycles. The van der Waals surface area contributed by atoms with E-state index in [2.05, 4.69) is 10.6 Å². The highest BCUT2D eigenvalue weighted by Crippen LogP contribution is 2.39. The van der Waals surface area contributed by atoms with Gasteiger partial charge >= 0.3 is 12.0 Å². The average Bonchev–Trinajstić information content (AvgIpc) is 2.56. The van der Waals surface area contributed by atoms with Crippen molar-refractivity contribution in [2.45, 2.75) is 19.9 Å². The molecule has 0 radical (unpaired) electrons. The molecular weight excluding hydrogens is 348 g/mol. The maximum Gasteiger partial charge on any atom is 0.338 e. The molecule has 1 atom stereocenters. The van der Waals surface area contributed by atoms with Gasteiger partial charge in [0, 0.05) is 5.70 Å². The van der Waals surface area contributed by atoms with E-state index in [0.717, 1.165) is 0 Å². The normalized spacial score (nSPS) is 17.3. The summed E-state index contributed by atoms with van der Waals surface area (Å²) in [7, 11) is 1.38. The predicted octanol–water partition coefficient (Wildman–Crippen LogP) is 2.80. The molecule has 7 nitrogen and oxygen atoms in total. The van der Waals surface area contributed by atoms with Gasteiger partial charge in [-0.1, -0.05) is 23.8 Å². The van der Waals surface area contributed by atoms with E-state index < -0.39 is 18.0 Å². The second-order valence-electron chi connectivity index (χ2n) is 5.29. The number of phenolic OH excluding ortho intramolecular Hbond substituents is 1. The molecule has 25 heavy (non-hydrogen) atoms. The maximum atomic E-state index is 12.5. The van der Waals surface area contributed by atoms with E-state index >= 15 is 0 Å². The van der Waals surface area contributed by atoms with Gasteiger partial charge in [0.2, 0.25) is 0 Å². The number of hydrogen-bond acceptors (Lipinski definition) is 5. The van der Waals surface area contributed by atoms with Crippen LogP contribution in [-0.4, -0.2) is 30.8 Å². The third kappa shape index (κ3) is 4.06. The van der Waals surface area contributed by atoms with Crippen molar-refractivity contribution in [3.05, 3.63) is 46.1 Å². The summed E-state index contributed by atoms with van der Waals surface area (Å²) in [6, 6.07) is 1.71. The fourth-order valence-electron chi connectivity index (χ4n) is 2.43. The smallest absolute Gasteiger partial charge is 0.338 e. The summed E-state index contributed by atoms with van der Waals surface area (Å²) < 4.78 is 10.3. The number of halogens is 1. The van der Waals surface area contributed by atoms with Gasteiger partial charge in [-0.05, 0) is 31.5 Å². The van der Waals surface area contributed by atoms with Crippen LogP contribution in [0.15, 0.2) is 35.6 Å². The van der Waals surface area contributed by atoms with Crippen molar-refractivity contribution in [1.82, 2.24) is 10.6 Å². The average molecular weight is 367 g/mol. The first-order valence-electron chi connectivity index (χ1n) is 7.52. The zero-order valence-electron chi connectivity index (χ0n) is 14.1. The molecule has 0 aliphatic carbocycles. The van der Waals surface area contributed by atoms with Gasteiger partial charge in [0.15, 0.2) is 11.5 Å². The van der Waals surface area contributed by atoms with Crippen molar-refractivity contribution >= 4 is 23.6 Å². The number of rotatable bonds is 5. The summed E-state index contributed by atoms with van der Waals surface area (Å²) >= 11 is 6.02. The van der Waals surface area contributed by atoms with Crippen LogP contribution in [0.25, 0.3) is 0 Å². The minimum Gasteiger partial charge on any atom is -0.503 e. The van der Waals surface area contributed by atoms with Gasteiger partial charge in [0.1, 0.15) is 6.61 Å². The number of benzene rings is 1. The minimum atomic E-state index is -0.793. The van der Waals surface area contributed by atoms with Crippen LogP contribution in [0.5, 0.6) is 11.5 Å². The SMILES string of the molecule is CC=CCOC(=O)C1=C(C)NC(=O)NC1c1cc(Cl)c(O)c(OC)c1. The van der Waals surface area contributed by atoms with Gasteiger partial charge in [0.25, 0.3) is 0 Å². The molecule has 2 amide bonds. The zero-order chi connectivity index (χ0) is 18.6. The summed E-state index contributed by atoms with van der Waals surface area (Å²) in [5.41, 5.74) is 1.10. The number of nitrogens with one attached hydrogen (secondary N) is 2. The number of ether oxygens (including phenoxy) is 2. The number of hydrogen-bond donors (Lipinski definition) is 3. The molecule has 1 unspecified atom stereocenters. The van der Waals surface area contributed by atoms with E-state index in [1.54, 1.807) is 19.1 Å². The van der Waals surface area contributed by atoms with Crippen molar-refractivity contribution in [3.63, 3.8) is 0 Å². The van der Waals surface area contributed by atoms with Crippen molar-refractivity contribution in [2.24, 2.45) is 0 Å². The molecule has 0 aromatic heterocycles. The van der Waals surface area contributed by atoms with Gasteiger partial charge in [-0.15, -0.1) is 0 Å². The Kier molecular flexibility index (Phi) is 5.93. The molecular formula is C17H19ClN2O5. The number of urea groups is 1. The highest BCUT2D eigenvalue weighted by Gasteiger charge is 2.33. The largest absolute Gasteiger partial charge is 0.503 e. The molecule has 2 rings (SSSR count). The van der Waals surface area contributed by atoms with Gasteiger partial charge in [-0.3, -0.25) is 0 Å². The van der Waals surface area contributed by atoms with Gasteiger partial charge in [-0.2, -0.15) is 0 Å². The Bertz CT molecular complexity index is 758. The lowest BCUT2D eigenvalue weighted by molar-refractivity contribution is -0.138. The molecule has 0 fully saturated rings. The van der Waals surface area contributed by atoms with E-state index in [1.807, 2.05) is 6.92 Å². The summed E-state index contributed by atoms with van der Waals surface area (Å²) in [4.78, 5) is 24.3. The van der Waals surface area contributed by atoms with Gasteiger partial charge in [0.05, 0.1) is 23.7 Å². The minimum absolute atomic E-state index is 0.0430. The first-order chi connectivity index (χ1) is 11.9. The molecule has 0 saturated carbocycles. The highest BCUT2D eigenvalue weighted by atomic mass is 35.5. The Hall–Kier alpha value is -2.67. The Morgan fingerprint density at radius 2 is 2.16 bits per heavy atom. The van der Waals surface area contributed by atoms with Crippen LogP contribution in [0.4, 0.5) is 4.79 Å². The number of allylic oxidation sites excluding steroid dienone is 2.